The van der Waals surface area contributed by atoms with E-state index in [0.29, 0.717) is 11.4 Å². The Labute approximate surface area is 318 Å². The molecule has 0 amide bonds. The molecular weight excluding hydrogens is 675 g/mol. The maximum Gasteiger partial charge on any atom is 0.153 e. The van der Waals surface area contributed by atoms with Gasteiger partial charge in [-0.2, -0.15) is 0 Å². The molecule has 5 nitrogen and oxygen atoms in total. The Morgan fingerprint density at radius 1 is 0.564 bits per heavy atom. The monoisotopic (exact) mass is 711 g/mol. The van der Waals surface area contributed by atoms with Crippen LogP contribution in [0.3, 0.4) is 0 Å². The Morgan fingerprint density at radius 3 is 2.07 bits per heavy atom. The van der Waals surface area contributed by atoms with Gasteiger partial charge in [0.15, 0.2) is 5.58 Å². The molecule has 1 N–H and O–H groups in total. The van der Waals surface area contributed by atoms with Crippen molar-refractivity contribution in [3.8, 4) is 56.3 Å². The SMILES string of the molecule is CC(C)(C)c1ccc(-n2c(-c3ccccc3O)nc3c(-c4cccc(-c5cc6c(cn5)oc5cc7ccccc7cc56)c4)cccc32)c(-c2ccccc2)c1. The molecule has 7 aromatic carbocycles. The normalized spacial score (nSPS) is 12.0. The maximum absolute atomic E-state index is 11.3. The molecule has 5 heteroatoms. The highest BCUT2D eigenvalue weighted by Crippen LogP contribution is 2.42. The molecule has 0 fully saturated rings. The van der Waals surface area contributed by atoms with Crippen molar-refractivity contribution in [2.24, 2.45) is 0 Å². The summed E-state index contributed by atoms with van der Waals surface area (Å²) in [6.45, 7) is 6.72. The average molecular weight is 712 g/mol. The fraction of sp³-hybridized carbons (Fsp3) is 0.0800. The molecule has 3 aromatic heterocycles. The predicted molar refractivity (Wildman–Crippen MR) is 226 cm³/mol. The lowest BCUT2D eigenvalue weighted by Gasteiger charge is -2.23. The average Bonchev–Trinajstić information content (AvgIpc) is 3.77. The summed E-state index contributed by atoms with van der Waals surface area (Å²) in [6, 6.07) is 54.3. The zero-order chi connectivity index (χ0) is 37.3. The molecular formula is C50H37N3O2. The summed E-state index contributed by atoms with van der Waals surface area (Å²) in [4.78, 5) is 10.2. The van der Waals surface area contributed by atoms with Crippen molar-refractivity contribution in [1.82, 2.24) is 14.5 Å². The second-order valence-corrected chi connectivity index (χ2v) is 15.3. The number of aromatic hydroxyl groups is 1. The van der Waals surface area contributed by atoms with E-state index >= 15 is 0 Å². The number of phenols is 1. The molecule has 55 heavy (non-hydrogen) atoms. The number of furan rings is 1. The van der Waals surface area contributed by atoms with Gasteiger partial charge in [0.05, 0.1) is 34.2 Å². The largest absolute Gasteiger partial charge is 0.507 e. The zero-order valence-electron chi connectivity index (χ0n) is 30.8. The van der Waals surface area contributed by atoms with Gasteiger partial charge in [0.25, 0.3) is 0 Å². The highest BCUT2D eigenvalue weighted by Gasteiger charge is 2.24. The molecule has 10 aromatic rings. The second kappa shape index (κ2) is 12.6. The van der Waals surface area contributed by atoms with Crippen molar-refractivity contribution in [3.05, 3.63) is 169 Å². The molecule has 3 heterocycles. The van der Waals surface area contributed by atoms with Crippen LogP contribution in [0.2, 0.25) is 0 Å². The number of benzene rings is 7. The van der Waals surface area contributed by atoms with Gasteiger partial charge in [0.1, 0.15) is 17.2 Å². The standard InChI is InChI=1S/C50H37N3O2/c1-50(2,3)36-23-24-43(39(28-36)31-13-5-4-6-14-31)53-44-21-12-20-37(48(44)52-49(53)38-19-9-10-22-45(38)54)34-17-11-18-35(25-34)42-29-41-40-26-32-15-7-8-16-33(32)27-46(40)55-47(41)30-51-42/h4-30,54H,1-3H3. The predicted octanol–water partition coefficient (Wildman–Crippen LogP) is 13.1. The van der Waals surface area contributed by atoms with E-state index in [2.05, 4.69) is 147 Å². The summed E-state index contributed by atoms with van der Waals surface area (Å²) in [6.07, 6.45) is 1.83. The smallest absolute Gasteiger partial charge is 0.153 e. The van der Waals surface area contributed by atoms with Crippen molar-refractivity contribution in [1.29, 1.82) is 0 Å². The number of phenolic OH excluding ortho intramolecular Hbond substituents is 1. The van der Waals surface area contributed by atoms with E-state index in [9.17, 15) is 5.11 Å². The molecule has 0 aliphatic rings. The fourth-order valence-corrected chi connectivity index (χ4v) is 7.84. The zero-order valence-corrected chi connectivity index (χ0v) is 30.8. The Kier molecular flexibility index (Phi) is 7.46. The van der Waals surface area contributed by atoms with Crippen molar-refractivity contribution in [2.45, 2.75) is 26.2 Å². The third-order valence-electron chi connectivity index (χ3n) is 10.7. The fourth-order valence-electron chi connectivity index (χ4n) is 7.84. The quantitative estimate of drug-likeness (QED) is 0.193. The molecule has 0 radical (unpaired) electrons. The molecule has 0 atom stereocenters. The Hall–Kier alpha value is -6.98. The number of imidazole rings is 1. The van der Waals surface area contributed by atoms with E-state index in [1.54, 1.807) is 6.07 Å². The lowest BCUT2D eigenvalue weighted by molar-refractivity contribution is 0.477. The summed E-state index contributed by atoms with van der Waals surface area (Å²) in [7, 11) is 0. The molecule has 0 saturated heterocycles. The minimum absolute atomic E-state index is 0.0454. The van der Waals surface area contributed by atoms with Gasteiger partial charge < -0.3 is 9.52 Å². The van der Waals surface area contributed by atoms with Crippen LogP contribution in [0, 0.1) is 0 Å². The molecule has 0 spiro atoms. The number of rotatable bonds is 5. The number of aromatic nitrogens is 3. The number of hydrogen-bond acceptors (Lipinski definition) is 4. The van der Waals surface area contributed by atoms with Crippen LogP contribution in [0.1, 0.15) is 26.3 Å². The van der Waals surface area contributed by atoms with Crippen LogP contribution in [-0.2, 0) is 5.41 Å². The van der Waals surface area contributed by atoms with E-state index in [4.69, 9.17) is 14.4 Å². The van der Waals surface area contributed by atoms with E-state index in [1.165, 1.54) is 10.9 Å². The second-order valence-electron chi connectivity index (χ2n) is 15.3. The van der Waals surface area contributed by atoms with E-state index in [1.807, 2.05) is 36.5 Å². The van der Waals surface area contributed by atoms with Crippen LogP contribution in [-0.4, -0.2) is 19.6 Å². The Balaban J connectivity index is 1.16. The van der Waals surface area contributed by atoms with Crippen molar-refractivity contribution >= 4 is 43.7 Å². The number of para-hydroxylation sites is 2. The number of fused-ring (bicyclic) bond motifs is 5. The molecule has 264 valence electrons. The summed E-state index contributed by atoms with van der Waals surface area (Å²) < 4.78 is 8.46. The van der Waals surface area contributed by atoms with Gasteiger partial charge in [-0.1, -0.05) is 124 Å². The van der Waals surface area contributed by atoms with Gasteiger partial charge >= 0.3 is 0 Å². The highest BCUT2D eigenvalue weighted by molar-refractivity contribution is 6.10. The van der Waals surface area contributed by atoms with Crippen molar-refractivity contribution in [2.75, 3.05) is 0 Å². The maximum atomic E-state index is 11.3. The van der Waals surface area contributed by atoms with Crippen LogP contribution >= 0.6 is 0 Å². The molecule has 0 saturated carbocycles. The van der Waals surface area contributed by atoms with E-state index in [-0.39, 0.29) is 11.2 Å². The summed E-state index contributed by atoms with van der Waals surface area (Å²) in [5.41, 5.74) is 12.3. The molecule has 0 bridgehead atoms. The van der Waals surface area contributed by atoms with Gasteiger partial charge in [-0.15, -0.1) is 0 Å². The van der Waals surface area contributed by atoms with Gasteiger partial charge in [-0.05, 0) is 87.5 Å². The first-order chi connectivity index (χ1) is 26.8. The number of nitrogens with zero attached hydrogens (tertiary/aromatic N) is 3. The van der Waals surface area contributed by atoms with Crippen LogP contribution in [0.5, 0.6) is 5.75 Å². The first-order valence-corrected chi connectivity index (χ1v) is 18.6. The van der Waals surface area contributed by atoms with Gasteiger partial charge in [-0.25, -0.2) is 4.98 Å². The summed E-state index contributed by atoms with van der Waals surface area (Å²) >= 11 is 0. The van der Waals surface area contributed by atoms with Crippen LogP contribution < -0.4 is 0 Å². The number of hydrogen-bond donors (Lipinski definition) is 1. The first-order valence-electron chi connectivity index (χ1n) is 18.6. The third-order valence-corrected chi connectivity index (χ3v) is 10.7. The lowest BCUT2D eigenvalue weighted by Crippen LogP contribution is -2.12. The first kappa shape index (κ1) is 32.7. The van der Waals surface area contributed by atoms with Crippen LogP contribution in [0.25, 0.3) is 94.3 Å². The van der Waals surface area contributed by atoms with Gasteiger partial charge in [-0.3, -0.25) is 9.55 Å². The molecule has 10 rings (SSSR count). The minimum Gasteiger partial charge on any atom is -0.507 e. The Morgan fingerprint density at radius 2 is 1.25 bits per heavy atom. The van der Waals surface area contributed by atoms with Crippen LogP contribution in [0.4, 0.5) is 0 Å². The topological polar surface area (TPSA) is 64.1 Å². The number of pyridine rings is 1. The van der Waals surface area contributed by atoms with Crippen molar-refractivity contribution in [3.63, 3.8) is 0 Å². The third kappa shape index (κ3) is 5.55. The van der Waals surface area contributed by atoms with Crippen molar-refractivity contribution < 1.29 is 9.52 Å². The molecule has 0 unspecified atom stereocenters. The Bertz CT molecular complexity index is 3090. The molecule has 0 aliphatic carbocycles. The summed E-state index contributed by atoms with van der Waals surface area (Å²) in [5, 5.41) is 15.7. The van der Waals surface area contributed by atoms with Gasteiger partial charge in [0.2, 0.25) is 0 Å². The van der Waals surface area contributed by atoms with Gasteiger partial charge in [0, 0.05) is 27.5 Å². The van der Waals surface area contributed by atoms with E-state index in [0.717, 1.165) is 77.6 Å². The lowest BCUT2D eigenvalue weighted by atomic mass is 9.85. The highest BCUT2D eigenvalue weighted by atomic mass is 16.3. The summed E-state index contributed by atoms with van der Waals surface area (Å²) in [5.74, 6) is 0.847. The van der Waals surface area contributed by atoms with Crippen LogP contribution in [0.15, 0.2) is 168 Å². The van der Waals surface area contributed by atoms with E-state index < -0.39 is 0 Å². The molecule has 0 aliphatic heterocycles. The minimum atomic E-state index is -0.0454.